The minimum Gasteiger partial charge on any atom is -0.454 e. The molecule has 1 aromatic heterocycles. The second-order valence-electron chi connectivity index (χ2n) is 3.87. The number of nitrogens with one attached hydrogen (secondary N) is 1. The molecule has 3 N–H and O–H groups in total. The molecule has 18 heavy (non-hydrogen) atoms. The van der Waals surface area contributed by atoms with Crippen molar-refractivity contribution < 1.29 is 9.47 Å². The fraction of sp³-hybridized carbons (Fsp3) is 0.167. The lowest BCUT2D eigenvalue weighted by Crippen LogP contribution is -2.02. The summed E-state index contributed by atoms with van der Waals surface area (Å²) in [4.78, 5) is 7.90. The van der Waals surface area contributed by atoms with Crippen molar-refractivity contribution in [3.8, 4) is 11.5 Å². The van der Waals surface area contributed by atoms with E-state index in [1.807, 2.05) is 18.2 Å². The highest BCUT2D eigenvalue weighted by molar-refractivity contribution is 5.47. The summed E-state index contributed by atoms with van der Waals surface area (Å²) < 4.78 is 10.6. The van der Waals surface area contributed by atoms with Crippen LogP contribution in [0.2, 0.25) is 0 Å². The third-order valence-electron chi connectivity index (χ3n) is 2.60. The van der Waals surface area contributed by atoms with Crippen LogP contribution in [0.1, 0.15) is 5.56 Å². The number of nitrogens with zero attached hydrogens (tertiary/aromatic N) is 2. The van der Waals surface area contributed by atoms with Crippen molar-refractivity contribution in [1.29, 1.82) is 0 Å². The first-order chi connectivity index (χ1) is 8.81. The maximum atomic E-state index is 5.57. The molecule has 6 nitrogen and oxygen atoms in total. The summed E-state index contributed by atoms with van der Waals surface area (Å²) in [5.41, 5.74) is 6.65. The standard InChI is InChI=1S/C12H12N4O2/c13-11-4-12(16-6-15-11)14-5-8-1-2-9-10(3-8)18-7-17-9/h1-4,6H,5,7H2,(H3,13,14,15,16). The highest BCUT2D eigenvalue weighted by Crippen LogP contribution is 2.32. The van der Waals surface area contributed by atoms with Gasteiger partial charge in [0, 0.05) is 12.6 Å². The van der Waals surface area contributed by atoms with Crippen molar-refractivity contribution in [2.24, 2.45) is 0 Å². The molecule has 0 atom stereocenters. The third-order valence-corrected chi connectivity index (χ3v) is 2.60. The van der Waals surface area contributed by atoms with E-state index in [0.717, 1.165) is 17.1 Å². The van der Waals surface area contributed by atoms with Gasteiger partial charge in [-0.3, -0.25) is 0 Å². The van der Waals surface area contributed by atoms with Crippen LogP contribution in [0, 0.1) is 0 Å². The second-order valence-corrected chi connectivity index (χ2v) is 3.87. The van der Waals surface area contributed by atoms with Gasteiger partial charge in [0.1, 0.15) is 18.0 Å². The van der Waals surface area contributed by atoms with Crippen LogP contribution in [-0.2, 0) is 6.54 Å². The minimum absolute atomic E-state index is 0.286. The van der Waals surface area contributed by atoms with Gasteiger partial charge in [-0.25, -0.2) is 9.97 Å². The smallest absolute Gasteiger partial charge is 0.231 e. The third kappa shape index (κ3) is 2.13. The van der Waals surface area contributed by atoms with E-state index in [1.54, 1.807) is 6.07 Å². The van der Waals surface area contributed by atoms with Gasteiger partial charge in [-0.05, 0) is 17.7 Å². The van der Waals surface area contributed by atoms with E-state index in [-0.39, 0.29) is 6.79 Å². The second kappa shape index (κ2) is 4.40. The van der Waals surface area contributed by atoms with Crippen LogP contribution in [0.15, 0.2) is 30.6 Å². The Balaban J connectivity index is 1.70. The van der Waals surface area contributed by atoms with Gasteiger partial charge in [0.05, 0.1) is 0 Å². The van der Waals surface area contributed by atoms with Crippen LogP contribution < -0.4 is 20.5 Å². The van der Waals surface area contributed by atoms with Crippen LogP contribution in [0.3, 0.4) is 0 Å². The normalized spacial score (nSPS) is 12.4. The number of hydrogen-bond donors (Lipinski definition) is 2. The van der Waals surface area contributed by atoms with E-state index in [4.69, 9.17) is 15.2 Å². The molecule has 0 spiro atoms. The lowest BCUT2D eigenvalue weighted by Gasteiger charge is -2.06. The maximum Gasteiger partial charge on any atom is 0.231 e. The number of rotatable bonds is 3. The first-order valence-corrected chi connectivity index (χ1v) is 5.51. The summed E-state index contributed by atoms with van der Waals surface area (Å²) in [6.45, 7) is 0.918. The van der Waals surface area contributed by atoms with Crippen molar-refractivity contribution in [2.75, 3.05) is 17.8 Å². The zero-order valence-corrected chi connectivity index (χ0v) is 9.59. The van der Waals surface area contributed by atoms with E-state index in [9.17, 15) is 0 Å². The minimum atomic E-state index is 0.286. The highest BCUT2D eigenvalue weighted by Gasteiger charge is 2.12. The van der Waals surface area contributed by atoms with Gasteiger partial charge in [0.15, 0.2) is 11.5 Å². The number of hydrogen-bond acceptors (Lipinski definition) is 6. The predicted molar refractivity (Wildman–Crippen MR) is 66.3 cm³/mol. The van der Waals surface area contributed by atoms with Crippen molar-refractivity contribution >= 4 is 11.6 Å². The molecule has 0 unspecified atom stereocenters. The van der Waals surface area contributed by atoms with Crippen LogP contribution >= 0.6 is 0 Å². The molecule has 0 bridgehead atoms. The summed E-state index contributed by atoms with van der Waals surface area (Å²) in [6.07, 6.45) is 1.43. The molecule has 0 fully saturated rings. The Hall–Kier alpha value is -2.50. The van der Waals surface area contributed by atoms with Crippen LogP contribution in [0.5, 0.6) is 11.5 Å². The molecule has 1 aliphatic rings. The molecule has 0 radical (unpaired) electrons. The van der Waals surface area contributed by atoms with Crippen molar-refractivity contribution in [3.05, 3.63) is 36.2 Å². The molecule has 92 valence electrons. The lowest BCUT2D eigenvalue weighted by atomic mass is 10.2. The number of aromatic nitrogens is 2. The SMILES string of the molecule is Nc1cc(NCc2ccc3c(c2)OCO3)ncn1. The Bertz CT molecular complexity index is 574. The Morgan fingerprint density at radius 1 is 1.17 bits per heavy atom. The Labute approximate surface area is 104 Å². The fourth-order valence-corrected chi connectivity index (χ4v) is 1.71. The van der Waals surface area contributed by atoms with Crippen LogP contribution in [-0.4, -0.2) is 16.8 Å². The van der Waals surface area contributed by atoms with Crippen LogP contribution in [0.4, 0.5) is 11.6 Å². The molecule has 1 aliphatic heterocycles. The largest absolute Gasteiger partial charge is 0.454 e. The topological polar surface area (TPSA) is 82.3 Å². The first kappa shape index (κ1) is 10.6. The van der Waals surface area contributed by atoms with Gasteiger partial charge >= 0.3 is 0 Å². The monoisotopic (exact) mass is 244 g/mol. The van der Waals surface area contributed by atoms with Crippen molar-refractivity contribution in [1.82, 2.24) is 9.97 Å². The number of fused-ring (bicyclic) bond motifs is 1. The molecule has 6 heteroatoms. The number of ether oxygens (including phenoxy) is 2. The summed E-state index contributed by atoms with van der Waals surface area (Å²) in [5.74, 6) is 2.69. The van der Waals surface area contributed by atoms with Crippen LogP contribution in [0.25, 0.3) is 0 Å². The average Bonchev–Trinajstić information content (AvgIpc) is 2.84. The summed E-state index contributed by atoms with van der Waals surface area (Å²) in [6, 6.07) is 7.51. The van der Waals surface area contributed by atoms with E-state index >= 15 is 0 Å². The van der Waals surface area contributed by atoms with Gasteiger partial charge in [0.25, 0.3) is 0 Å². The molecule has 2 heterocycles. The lowest BCUT2D eigenvalue weighted by molar-refractivity contribution is 0.174. The Morgan fingerprint density at radius 3 is 2.94 bits per heavy atom. The van der Waals surface area contributed by atoms with E-state index in [2.05, 4.69) is 15.3 Å². The summed E-state index contributed by atoms with van der Waals surface area (Å²) in [5, 5.41) is 3.17. The Morgan fingerprint density at radius 2 is 2.06 bits per heavy atom. The molecule has 0 amide bonds. The molecule has 0 saturated carbocycles. The number of benzene rings is 1. The molecular formula is C12H12N4O2. The van der Waals surface area contributed by atoms with E-state index in [0.29, 0.717) is 18.2 Å². The molecule has 2 aromatic rings. The van der Waals surface area contributed by atoms with E-state index in [1.165, 1.54) is 6.33 Å². The number of nitrogens with two attached hydrogens (primary N) is 1. The highest BCUT2D eigenvalue weighted by atomic mass is 16.7. The molecular weight excluding hydrogens is 232 g/mol. The Kier molecular flexibility index (Phi) is 2.60. The summed E-state index contributed by atoms with van der Waals surface area (Å²) in [7, 11) is 0. The fourth-order valence-electron chi connectivity index (χ4n) is 1.71. The zero-order valence-electron chi connectivity index (χ0n) is 9.59. The molecule has 0 saturated heterocycles. The summed E-state index contributed by atoms with van der Waals surface area (Å²) >= 11 is 0. The van der Waals surface area contributed by atoms with Crippen molar-refractivity contribution in [2.45, 2.75) is 6.54 Å². The van der Waals surface area contributed by atoms with Crippen molar-refractivity contribution in [3.63, 3.8) is 0 Å². The molecule has 1 aromatic carbocycles. The number of nitrogen functional groups attached to an aromatic ring is 1. The molecule has 3 rings (SSSR count). The quantitative estimate of drug-likeness (QED) is 0.849. The predicted octanol–water partition coefficient (Wildman–Crippen LogP) is 1.40. The zero-order chi connectivity index (χ0) is 12.4. The first-order valence-electron chi connectivity index (χ1n) is 5.51. The van der Waals surface area contributed by atoms with Gasteiger partial charge in [-0.2, -0.15) is 0 Å². The maximum absolute atomic E-state index is 5.57. The molecule has 0 aliphatic carbocycles. The number of anilines is 2. The van der Waals surface area contributed by atoms with E-state index < -0.39 is 0 Å². The average molecular weight is 244 g/mol. The van der Waals surface area contributed by atoms with Gasteiger partial charge < -0.3 is 20.5 Å². The van der Waals surface area contributed by atoms with Gasteiger partial charge in [-0.15, -0.1) is 0 Å². The van der Waals surface area contributed by atoms with Gasteiger partial charge in [-0.1, -0.05) is 6.07 Å². The van der Waals surface area contributed by atoms with Gasteiger partial charge in [0.2, 0.25) is 6.79 Å².